The quantitative estimate of drug-likeness (QED) is 0.942. The van der Waals surface area contributed by atoms with Crippen LogP contribution in [0.2, 0.25) is 0 Å². The van der Waals surface area contributed by atoms with Gasteiger partial charge in [0.25, 0.3) is 0 Å². The molecule has 1 amide bonds. The Bertz CT molecular complexity index is 672. The molecule has 1 aromatic heterocycles. The van der Waals surface area contributed by atoms with Crippen LogP contribution in [0.1, 0.15) is 19.3 Å². The maximum atomic E-state index is 11.3. The van der Waals surface area contributed by atoms with E-state index in [0.717, 1.165) is 41.8 Å². The van der Waals surface area contributed by atoms with Gasteiger partial charge in [0.2, 0.25) is 5.91 Å². The second-order valence-corrected chi connectivity index (χ2v) is 5.56. The van der Waals surface area contributed by atoms with E-state index in [-0.39, 0.29) is 5.91 Å². The number of para-hydroxylation sites is 1. The van der Waals surface area contributed by atoms with Crippen LogP contribution < -0.4 is 14.8 Å². The molecule has 5 heteroatoms. The zero-order valence-electron chi connectivity index (χ0n) is 12.7. The van der Waals surface area contributed by atoms with Crippen molar-refractivity contribution in [3.05, 3.63) is 30.5 Å². The Morgan fingerprint density at radius 1 is 1.36 bits per heavy atom. The minimum absolute atomic E-state index is 0.141. The third-order valence-corrected chi connectivity index (χ3v) is 4.01. The van der Waals surface area contributed by atoms with Gasteiger partial charge in [0, 0.05) is 18.4 Å². The number of methoxy groups -OCH3 is 1. The first-order valence-electron chi connectivity index (χ1n) is 7.58. The Labute approximate surface area is 129 Å². The van der Waals surface area contributed by atoms with Crippen LogP contribution in [0.3, 0.4) is 0 Å². The number of carbonyl (C=O) groups is 1. The van der Waals surface area contributed by atoms with Crippen LogP contribution in [0, 0.1) is 5.92 Å². The third-order valence-electron chi connectivity index (χ3n) is 4.01. The van der Waals surface area contributed by atoms with E-state index in [0.29, 0.717) is 18.9 Å². The summed E-state index contributed by atoms with van der Waals surface area (Å²) in [7, 11) is 1.64. The lowest BCUT2D eigenvalue weighted by molar-refractivity contribution is -0.120. The summed E-state index contributed by atoms with van der Waals surface area (Å²) in [5.41, 5.74) is 0.835. The number of nitrogens with one attached hydrogen (secondary N) is 1. The highest BCUT2D eigenvalue weighted by Gasteiger charge is 2.16. The molecule has 1 N–H and O–H groups in total. The van der Waals surface area contributed by atoms with Crippen molar-refractivity contribution in [1.29, 1.82) is 0 Å². The van der Waals surface area contributed by atoms with Gasteiger partial charge in [0.05, 0.1) is 19.9 Å². The van der Waals surface area contributed by atoms with Gasteiger partial charge in [-0.05, 0) is 30.9 Å². The second-order valence-electron chi connectivity index (χ2n) is 5.56. The lowest BCUT2D eigenvalue weighted by Crippen LogP contribution is -2.21. The Morgan fingerprint density at radius 3 is 3.14 bits per heavy atom. The maximum Gasteiger partial charge on any atom is 0.220 e. The Hall–Kier alpha value is -2.30. The van der Waals surface area contributed by atoms with Crippen LogP contribution in [-0.2, 0) is 4.79 Å². The summed E-state index contributed by atoms with van der Waals surface area (Å²) in [6.45, 7) is 1.35. The molecule has 1 fully saturated rings. The first-order valence-corrected chi connectivity index (χ1v) is 7.58. The molecule has 1 aliphatic heterocycles. The third kappa shape index (κ3) is 3.30. The van der Waals surface area contributed by atoms with E-state index >= 15 is 0 Å². The monoisotopic (exact) mass is 300 g/mol. The van der Waals surface area contributed by atoms with Crippen molar-refractivity contribution in [3.63, 3.8) is 0 Å². The molecule has 3 rings (SSSR count). The van der Waals surface area contributed by atoms with Gasteiger partial charge in [0.1, 0.15) is 17.0 Å². The molecule has 0 spiro atoms. The lowest BCUT2D eigenvalue weighted by atomic mass is 10.0. The minimum atomic E-state index is 0.141. The van der Waals surface area contributed by atoms with Crippen LogP contribution >= 0.6 is 0 Å². The Kier molecular flexibility index (Phi) is 4.42. The van der Waals surface area contributed by atoms with Crippen molar-refractivity contribution in [1.82, 2.24) is 10.3 Å². The molecule has 2 heterocycles. The van der Waals surface area contributed by atoms with Gasteiger partial charge in [0.15, 0.2) is 0 Å². The standard InChI is InChI=1S/C17H20N2O3/c1-21-15-4-2-3-13-9-14(10-19-17(13)15)22-11-12-5-6-16(20)18-8-7-12/h2-4,9-10,12H,5-8,11H2,1H3,(H,18,20). The molecule has 116 valence electrons. The molecule has 1 aromatic carbocycles. The number of hydrogen-bond acceptors (Lipinski definition) is 4. The van der Waals surface area contributed by atoms with E-state index in [1.807, 2.05) is 24.3 Å². The smallest absolute Gasteiger partial charge is 0.220 e. The highest BCUT2D eigenvalue weighted by Crippen LogP contribution is 2.26. The summed E-state index contributed by atoms with van der Waals surface area (Å²) in [5.74, 6) is 2.06. The number of benzene rings is 1. The fourth-order valence-electron chi connectivity index (χ4n) is 2.72. The van der Waals surface area contributed by atoms with Crippen LogP contribution in [0.5, 0.6) is 11.5 Å². The molecule has 1 saturated heterocycles. The van der Waals surface area contributed by atoms with Crippen LogP contribution in [0.25, 0.3) is 10.9 Å². The van der Waals surface area contributed by atoms with E-state index in [9.17, 15) is 4.79 Å². The van der Waals surface area contributed by atoms with E-state index in [1.165, 1.54) is 0 Å². The highest BCUT2D eigenvalue weighted by molar-refractivity contribution is 5.85. The van der Waals surface area contributed by atoms with Gasteiger partial charge in [-0.1, -0.05) is 12.1 Å². The molecule has 0 saturated carbocycles. The molecule has 2 aromatic rings. The molecular weight excluding hydrogens is 280 g/mol. The highest BCUT2D eigenvalue weighted by atomic mass is 16.5. The number of nitrogens with zero attached hydrogens (tertiary/aromatic N) is 1. The van der Waals surface area contributed by atoms with Gasteiger partial charge in [-0.3, -0.25) is 4.79 Å². The average Bonchev–Trinajstić information content (AvgIpc) is 2.76. The van der Waals surface area contributed by atoms with Crippen molar-refractivity contribution in [2.75, 3.05) is 20.3 Å². The van der Waals surface area contributed by atoms with Crippen molar-refractivity contribution in [2.24, 2.45) is 5.92 Å². The molecule has 1 unspecified atom stereocenters. The number of hydrogen-bond donors (Lipinski definition) is 1. The van der Waals surface area contributed by atoms with Gasteiger partial charge >= 0.3 is 0 Å². The predicted octanol–water partition coefficient (Wildman–Crippen LogP) is 2.54. The molecular formula is C17H20N2O3. The fourth-order valence-corrected chi connectivity index (χ4v) is 2.72. The number of amides is 1. The van der Waals surface area contributed by atoms with Crippen molar-refractivity contribution in [3.8, 4) is 11.5 Å². The van der Waals surface area contributed by atoms with E-state index < -0.39 is 0 Å². The number of ether oxygens (including phenoxy) is 2. The largest absolute Gasteiger partial charge is 0.494 e. The number of aromatic nitrogens is 1. The summed E-state index contributed by atoms with van der Waals surface area (Å²) in [6.07, 6.45) is 4.15. The molecule has 1 aliphatic rings. The van der Waals surface area contributed by atoms with Crippen molar-refractivity contribution in [2.45, 2.75) is 19.3 Å². The first-order chi connectivity index (χ1) is 10.8. The SMILES string of the molecule is COc1cccc2cc(OCC3CCNC(=O)CC3)cnc12. The van der Waals surface area contributed by atoms with Crippen LogP contribution in [-0.4, -0.2) is 31.2 Å². The molecule has 0 bridgehead atoms. The summed E-state index contributed by atoms with van der Waals surface area (Å²) < 4.78 is 11.2. The normalized spacial score (nSPS) is 18.6. The number of rotatable bonds is 4. The zero-order valence-corrected chi connectivity index (χ0v) is 12.7. The average molecular weight is 300 g/mol. The lowest BCUT2D eigenvalue weighted by Gasteiger charge is -2.14. The molecule has 5 nitrogen and oxygen atoms in total. The maximum absolute atomic E-state index is 11.3. The van der Waals surface area contributed by atoms with Crippen molar-refractivity contribution >= 4 is 16.8 Å². The molecule has 0 radical (unpaired) electrons. The minimum Gasteiger partial charge on any atom is -0.494 e. The predicted molar refractivity (Wildman–Crippen MR) is 84.1 cm³/mol. The topological polar surface area (TPSA) is 60.5 Å². The zero-order chi connectivity index (χ0) is 15.4. The summed E-state index contributed by atoms with van der Waals surface area (Å²) in [4.78, 5) is 15.8. The summed E-state index contributed by atoms with van der Waals surface area (Å²) >= 11 is 0. The molecule has 1 atom stereocenters. The number of pyridine rings is 1. The van der Waals surface area contributed by atoms with Gasteiger partial charge in [-0.15, -0.1) is 0 Å². The summed E-state index contributed by atoms with van der Waals surface area (Å²) in [6, 6.07) is 7.80. The second kappa shape index (κ2) is 6.64. The van der Waals surface area contributed by atoms with Crippen molar-refractivity contribution < 1.29 is 14.3 Å². The first kappa shape index (κ1) is 14.6. The fraction of sp³-hybridized carbons (Fsp3) is 0.412. The van der Waals surface area contributed by atoms with E-state index in [1.54, 1.807) is 13.3 Å². The summed E-state index contributed by atoms with van der Waals surface area (Å²) in [5, 5.41) is 3.88. The van der Waals surface area contributed by atoms with E-state index in [2.05, 4.69) is 10.3 Å². The van der Waals surface area contributed by atoms with Gasteiger partial charge < -0.3 is 14.8 Å². The van der Waals surface area contributed by atoms with Gasteiger partial charge in [-0.2, -0.15) is 0 Å². The Morgan fingerprint density at radius 2 is 2.27 bits per heavy atom. The molecule has 22 heavy (non-hydrogen) atoms. The Balaban J connectivity index is 1.68. The van der Waals surface area contributed by atoms with Crippen LogP contribution in [0.4, 0.5) is 0 Å². The van der Waals surface area contributed by atoms with Crippen LogP contribution in [0.15, 0.2) is 30.5 Å². The number of carbonyl (C=O) groups excluding carboxylic acids is 1. The van der Waals surface area contributed by atoms with E-state index in [4.69, 9.17) is 9.47 Å². The van der Waals surface area contributed by atoms with Gasteiger partial charge in [-0.25, -0.2) is 4.98 Å². The number of fused-ring (bicyclic) bond motifs is 1. The molecule has 0 aliphatic carbocycles.